The van der Waals surface area contributed by atoms with Crippen LogP contribution in [0.15, 0.2) is 17.2 Å². The fraction of sp³-hybridized carbons (Fsp3) is 0.583. The predicted molar refractivity (Wildman–Crippen MR) is 71.7 cm³/mol. The number of hydrogen-bond donors (Lipinski definition) is 1. The van der Waals surface area contributed by atoms with Gasteiger partial charge in [-0.3, -0.25) is 0 Å². The Morgan fingerprint density at radius 1 is 1.35 bits per heavy atom. The molecule has 1 aromatic rings. The summed E-state index contributed by atoms with van der Waals surface area (Å²) in [5, 5.41) is 0.946. The highest BCUT2D eigenvalue weighted by Crippen LogP contribution is 2.24. The van der Waals surface area contributed by atoms with Crippen LogP contribution in [0.25, 0.3) is 0 Å². The summed E-state index contributed by atoms with van der Waals surface area (Å²) in [6.45, 7) is 3.48. The van der Waals surface area contributed by atoms with Gasteiger partial charge in [-0.05, 0) is 25.0 Å². The maximum Gasteiger partial charge on any atom is 0.238 e. The molecule has 17 heavy (non-hydrogen) atoms. The van der Waals surface area contributed by atoms with Crippen molar-refractivity contribution in [1.82, 2.24) is 4.98 Å². The fourth-order valence-electron chi connectivity index (χ4n) is 1.21. The smallest absolute Gasteiger partial charge is 0.238 e. The van der Waals surface area contributed by atoms with E-state index in [4.69, 9.17) is 15.2 Å². The van der Waals surface area contributed by atoms with Crippen LogP contribution in [0.2, 0.25) is 0 Å². The van der Waals surface area contributed by atoms with Gasteiger partial charge in [0.1, 0.15) is 5.03 Å². The standard InChI is InChI=1S/C12H20N2O2S/c1-3-7-16-12-10(13)5-6-11(14-12)17-9-4-8-15-2/h5-6H,3-4,7-9,13H2,1-2H3. The molecular formula is C12H20N2O2S. The molecule has 1 aromatic heterocycles. The van der Waals surface area contributed by atoms with E-state index in [-0.39, 0.29) is 0 Å². The quantitative estimate of drug-likeness (QED) is 0.572. The molecule has 1 rings (SSSR count). The number of anilines is 1. The summed E-state index contributed by atoms with van der Waals surface area (Å²) in [7, 11) is 1.71. The number of nitrogen functional groups attached to an aromatic ring is 1. The Labute approximate surface area is 107 Å². The molecule has 0 aliphatic heterocycles. The second-order valence-electron chi connectivity index (χ2n) is 3.59. The maximum atomic E-state index is 5.79. The van der Waals surface area contributed by atoms with E-state index in [9.17, 15) is 0 Å². The van der Waals surface area contributed by atoms with Crippen molar-refractivity contribution < 1.29 is 9.47 Å². The largest absolute Gasteiger partial charge is 0.476 e. The van der Waals surface area contributed by atoms with Gasteiger partial charge in [0.15, 0.2) is 0 Å². The number of nitrogens with zero attached hydrogens (tertiary/aromatic N) is 1. The number of rotatable bonds is 8. The number of nitrogens with two attached hydrogens (primary N) is 1. The van der Waals surface area contributed by atoms with Crippen molar-refractivity contribution in [2.45, 2.75) is 24.8 Å². The van der Waals surface area contributed by atoms with Crippen molar-refractivity contribution in [2.24, 2.45) is 0 Å². The monoisotopic (exact) mass is 256 g/mol. The Morgan fingerprint density at radius 3 is 2.88 bits per heavy atom. The lowest BCUT2D eigenvalue weighted by Gasteiger charge is -2.08. The highest BCUT2D eigenvalue weighted by molar-refractivity contribution is 7.99. The van der Waals surface area contributed by atoms with Gasteiger partial charge in [-0.15, -0.1) is 11.8 Å². The number of aromatic nitrogens is 1. The van der Waals surface area contributed by atoms with E-state index in [1.54, 1.807) is 18.9 Å². The fourth-order valence-corrected chi connectivity index (χ4v) is 1.99. The van der Waals surface area contributed by atoms with Gasteiger partial charge in [-0.25, -0.2) is 4.98 Å². The van der Waals surface area contributed by atoms with Crippen LogP contribution in [-0.4, -0.2) is 31.1 Å². The molecule has 0 aliphatic carbocycles. The molecular weight excluding hydrogens is 236 g/mol. The lowest BCUT2D eigenvalue weighted by molar-refractivity contribution is 0.200. The zero-order valence-corrected chi connectivity index (χ0v) is 11.3. The first-order chi connectivity index (χ1) is 8.27. The van der Waals surface area contributed by atoms with Crippen LogP contribution >= 0.6 is 11.8 Å². The number of thioether (sulfide) groups is 1. The van der Waals surface area contributed by atoms with Gasteiger partial charge < -0.3 is 15.2 Å². The third-order valence-electron chi connectivity index (χ3n) is 2.05. The first kappa shape index (κ1) is 14.1. The van der Waals surface area contributed by atoms with Crippen LogP contribution in [0.1, 0.15) is 19.8 Å². The first-order valence-corrected chi connectivity index (χ1v) is 6.77. The Hall–Kier alpha value is -0.940. The van der Waals surface area contributed by atoms with Crippen LogP contribution in [0, 0.1) is 0 Å². The van der Waals surface area contributed by atoms with Crippen molar-refractivity contribution in [1.29, 1.82) is 0 Å². The van der Waals surface area contributed by atoms with E-state index in [2.05, 4.69) is 11.9 Å². The number of pyridine rings is 1. The topological polar surface area (TPSA) is 57.4 Å². The summed E-state index contributed by atoms with van der Waals surface area (Å²) < 4.78 is 10.5. The van der Waals surface area contributed by atoms with Gasteiger partial charge in [0, 0.05) is 19.5 Å². The SMILES string of the molecule is CCCOc1nc(SCCCOC)ccc1N. The minimum Gasteiger partial charge on any atom is -0.476 e. The summed E-state index contributed by atoms with van der Waals surface area (Å²) in [5.41, 5.74) is 6.39. The molecule has 0 fully saturated rings. The van der Waals surface area contributed by atoms with E-state index in [1.165, 1.54) is 0 Å². The molecule has 0 saturated carbocycles. The Kier molecular flexibility index (Phi) is 6.81. The van der Waals surface area contributed by atoms with Gasteiger partial charge in [0.25, 0.3) is 0 Å². The average Bonchev–Trinajstić information content (AvgIpc) is 2.35. The molecule has 5 heteroatoms. The molecule has 96 valence electrons. The lowest BCUT2D eigenvalue weighted by Crippen LogP contribution is -2.02. The van der Waals surface area contributed by atoms with Crippen LogP contribution < -0.4 is 10.5 Å². The Morgan fingerprint density at radius 2 is 2.18 bits per heavy atom. The minimum absolute atomic E-state index is 0.545. The first-order valence-electron chi connectivity index (χ1n) is 5.79. The summed E-state index contributed by atoms with van der Waals surface area (Å²) >= 11 is 1.69. The van der Waals surface area contributed by atoms with Gasteiger partial charge in [0.2, 0.25) is 5.88 Å². The highest BCUT2D eigenvalue weighted by Gasteiger charge is 2.04. The zero-order chi connectivity index (χ0) is 12.5. The molecule has 0 unspecified atom stereocenters. The molecule has 0 radical (unpaired) electrons. The van der Waals surface area contributed by atoms with Crippen molar-refractivity contribution in [3.8, 4) is 5.88 Å². The molecule has 0 bridgehead atoms. The van der Waals surface area contributed by atoms with Crippen molar-refractivity contribution in [2.75, 3.05) is 31.8 Å². The second-order valence-corrected chi connectivity index (χ2v) is 4.70. The number of ether oxygens (including phenoxy) is 2. The lowest BCUT2D eigenvalue weighted by atomic mass is 10.4. The van der Waals surface area contributed by atoms with Crippen LogP contribution in [0.5, 0.6) is 5.88 Å². The number of hydrogen-bond acceptors (Lipinski definition) is 5. The summed E-state index contributed by atoms with van der Waals surface area (Å²) in [5.74, 6) is 1.53. The highest BCUT2D eigenvalue weighted by atomic mass is 32.2. The number of methoxy groups -OCH3 is 1. The van der Waals surface area contributed by atoms with Gasteiger partial charge in [-0.1, -0.05) is 6.92 Å². The molecule has 0 saturated heterocycles. The molecule has 2 N–H and O–H groups in total. The Bertz CT molecular complexity index is 334. The predicted octanol–water partition coefficient (Wildman–Crippen LogP) is 2.58. The minimum atomic E-state index is 0.545. The van der Waals surface area contributed by atoms with E-state index in [0.29, 0.717) is 18.2 Å². The van der Waals surface area contributed by atoms with Gasteiger partial charge in [-0.2, -0.15) is 0 Å². The molecule has 0 aromatic carbocycles. The third-order valence-corrected chi connectivity index (χ3v) is 3.07. The summed E-state index contributed by atoms with van der Waals surface area (Å²) in [6.07, 6.45) is 1.96. The van der Waals surface area contributed by atoms with Crippen molar-refractivity contribution in [3.05, 3.63) is 12.1 Å². The Balaban J connectivity index is 2.49. The zero-order valence-electron chi connectivity index (χ0n) is 10.4. The van der Waals surface area contributed by atoms with Crippen LogP contribution in [-0.2, 0) is 4.74 Å². The molecule has 0 atom stereocenters. The van der Waals surface area contributed by atoms with E-state index >= 15 is 0 Å². The summed E-state index contributed by atoms with van der Waals surface area (Å²) in [6, 6.07) is 3.77. The molecule has 0 aliphatic rings. The summed E-state index contributed by atoms with van der Waals surface area (Å²) in [4.78, 5) is 4.38. The normalized spacial score (nSPS) is 10.5. The van der Waals surface area contributed by atoms with Gasteiger partial charge >= 0.3 is 0 Å². The van der Waals surface area contributed by atoms with E-state index in [1.807, 2.05) is 12.1 Å². The molecule has 1 heterocycles. The average molecular weight is 256 g/mol. The van der Waals surface area contributed by atoms with Crippen molar-refractivity contribution >= 4 is 17.4 Å². The van der Waals surface area contributed by atoms with Crippen molar-refractivity contribution in [3.63, 3.8) is 0 Å². The molecule has 0 spiro atoms. The molecule has 0 amide bonds. The maximum absolute atomic E-state index is 5.79. The third kappa shape index (κ3) is 5.28. The van der Waals surface area contributed by atoms with Crippen LogP contribution in [0.3, 0.4) is 0 Å². The second kappa shape index (κ2) is 8.20. The van der Waals surface area contributed by atoms with E-state index < -0.39 is 0 Å². The van der Waals surface area contributed by atoms with Gasteiger partial charge in [0.05, 0.1) is 12.3 Å². The van der Waals surface area contributed by atoms with E-state index in [0.717, 1.165) is 30.2 Å². The van der Waals surface area contributed by atoms with Crippen LogP contribution in [0.4, 0.5) is 5.69 Å². The molecule has 4 nitrogen and oxygen atoms in total.